The van der Waals surface area contributed by atoms with Gasteiger partial charge in [0.2, 0.25) is 0 Å². The van der Waals surface area contributed by atoms with E-state index in [4.69, 9.17) is 4.74 Å². The average Bonchev–Trinajstić information content (AvgIpc) is 2.34. The van der Waals surface area contributed by atoms with Gasteiger partial charge < -0.3 is 10.1 Å². The lowest BCUT2D eigenvalue weighted by Gasteiger charge is -2.45. The van der Waals surface area contributed by atoms with Crippen molar-refractivity contribution in [2.75, 3.05) is 39.9 Å². The van der Waals surface area contributed by atoms with Crippen molar-refractivity contribution in [3.8, 4) is 0 Å². The lowest BCUT2D eigenvalue weighted by atomic mass is 9.80. The second kappa shape index (κ2) is 6.36. The molecule has 0 aliphatic carbocycles. The van der Waals surface area contributed by atoms with Crippen molar-refractivity contribution in [2.24, 2.45) is 11.3 Å². The molecule has 2 aliphatic rings. The molecule has 2 rings (SSSR count). The average molecular weight is 254 g/mol. The lowest BCUT2D eigenvalue weighted by Crippen LogP contribution is -2.52. The molecule has 3 heteroatoms. The van der Waals surface area contributed by atoms with Gasteiger partial charge in [0.1, 0.15) is 0 Å². The molecule has 0 aromatic heterocycles. The van der Waals surface area contributed by atoms with Crippen LogP contribution in [0.5, 0.6) is 0 Å². The topological polar surface area (TPSA) is 24.5 Å². The van der Waals surface area contributed by atoms with Crippen LogP contribution >= 0.6 is 0 Å². The van der Waals surface area contributed by atoms with Gasteiger partial charge in [-0.3, -0.25) is 4.90 Å². The molecule has 18 heavy (non-hydrogen) atoms. The van der Waals surface area contributed by atoms with Crippen molar-refractivity contribution in [1.29, 1.82) is 0 Å². The Bertz CT molecular complexity index is 245. The first kappa shape index (κ1) is 14.3. The molecule has 106 valence electrons. The van der Waals surface area contributed by atoms with Gasteiger partial charge in [0.25, 0.3) is 0 Å². The predicted molar refractivity (Wildman–Crippen MR) is 75.8 cm³/mol. The zero-order valence-corrected chi connectivity index (χ0v) is 12.4. The standard InChI is InChI=1S/C15H30N2O/c1-13-5-7-17(14(2)9-13)11-15(10-16-3)6-4-8-18-12-15/h13-14,16H,4-12H2,1-3H3. The lowest BCUT2D eigenvalue weighted by molar-refractivity contribution is -0.0380. The molecule has 0 saturated carbocycles. The molecular formula is C15H30N2O. The maximum Gasteiger partial charge on any atom is 0.0546 e. The van der Waals surface area contributed by atoms with Crippen LogP contribution < -0.4 is 5.32 Å². The Labute approximate surface area is 112 Å². The Hall–Kier alpha value is -0.120. The summed E-state index contributed by atoms with van der Waals surface area (Å²) in [5.41, 5.74) is 0.349. The number of likely N-dealkylation sites (tertiary alicyclic amines) is 1. The van der Waals surface area contributed by atoms with Crippen LogP contribution in [0.2, 0.25) is 0 Å². The van der Waals surface area contributed by atoms with Crippen LogP contribution in [0.4, 0.5) is 0 Å². The summed E-state index contributed by atoms with van der Waals surface area (Å²) in [4.78, 5) is 2.70. The summed E-state index contributed by atoms with van der Waals surface area (Å²) in [6, 6.07) is 0.740. The van der Waals surface area contributed by atoms with Crippen LogP contribution in [-0.4, -0.2) is 50.8 Å². The van der Waals surface area contributed by atoms with Crippen LogP contribution in [0.25, 0.3) is 0 Å². The highest BCUT2D eigenvalue weighted by molar-refractivity contribution is 4.89. The number of hydrogen-bond donors (Lipinski definition) is 1. The fourth-order valence-electron chi connectivity index (χ4n) is 3.73. The van der Waals surface area contributed by atoms with Crippen LogP contribution in [0.3, 0.4) is 0 Å². The molecule has 0 bridgehead atoms. The summed E-state index contributed by atoms with van der Waals surface area (Å²) in [7, 11) is 2.07. The maximum atomic E-state index is 5.77. The minimum absolute atomic E-state index is 0.349. The van der Waals surface area contributed by atoms with Gasteiger partial charge in [-0.25, -0.2) is 0 Å². The molecule has 2 aliphatic heterocycles. The number of nitrogens with one attached hydrogen (secondary N) is 1. The van der Waals surface area contributed by atoms with Crippen molar-refractivity contribution < 1.29 is 4.74 Å². The molecule has 3 nitrogen and oxygen atoms in total. The van der Waals surface area contributed by atoms with Crippen molar-refractivity contribution in [1.82, 2.24) is 10.2 Å². The molecule has 0 radical (unpaired) electrons. The molecule has 1 N–H and O–H groups in total. The van der Waals surface area contributed by atoms with E-state index in [2.05, 4.69) is 31.1 Å². The first-order chi connectivity index (χ1) is 8.65. The van der Waals surface area contributed by atoms with Gasteiger partial charge in [0.15, 0.2) is 0 Å². The Kier molecular flexibility index (Phi) is 5.05. The molecule has 2 heterocycles. The third-order valence-electron chi connectivity index (χ3n) is 4.77. The Balaban J connectivity index is 1.95. The Morgan fingerprint density at radius 1 is 1.39 bits per heavy atom. The predicted octanol–water partition coefficient (Wildman–Crippen LogP) is 2.12. The number of nitrogens with zero attached hydrogens (tertiary/aromatic N) is 1. The monoisotopic (exact) mass is 254 g/mol. The highest BCUT2D eigenvalue weighted by Crippen LogP contribution is 2.32. The van der Waals surface area contributed by atoms with E-state index < -0.39 is 0 Å². The third-order valence-corrected chi connectivity index (χ3v) is 4.77. The van der Waals surface area contributed by atoms with Crippen molar-refractivity contribution in [2.45, 2.75) is 45.6 Å². The molecule has 3 atom stereocenters. The summed E-state index contributed by atoms with van der Waals surface area (Å²) < 4.78 is 5.77. The summed E-state index contributed by atoms with van der Waals surface area (Å²) in [6.45, 7) is 10.2. The van der Waals surface area contributed by atoms with Gasteiger partial charge in [-0.2, -0.15) is 0 Å². The summed E-state index contributed by atoms with van der Waals surface area (Å²) >= 11 is 0. The molecular weight excluding hydrogens is 224 g/mol. The van der Waals surface area contributed by atoms with Gasteiger partial charge in [-0.15, -0.1) is 0 Å². The largest absolute Gasteiger partial charge is 0.381 e. The highest BCUT2D eigenvalue weighted by atomic mass is 16.5. The molecule has 0 spiro atoms. The quantitative estimate of drug-likeness (QED) is 0.832. The Morgan fingerprint density at radius 3 is 2.83 bits per heavy atom. The van der Waals surface area contributed by atoms with E-state index in [0.29, 0.717) is 5.41 Å². The summed E-state index contributed by atoms with van der Waals surface area (Å²) in [6.07, 6.45) is 5.25. The minimum Gasteiger partial charge on any atom is -0.381 e. The van der Waals surface area contributed by atoms with E-state index in [1.165, 1.54) is 38.8 Å². The minimum atomic E-state index is 0.349. The fourth-order valence-corrected chi connectivity index (χ4v) is 3.73. The zero-order chi connectivity index (χ0) is 13.0. The van der Waals surface area contributed by atoms with Crippen LogP contribution in [0.1, 0.15) is 39.5 Å². The highest BCUT2D eigenvalue weighted by Gasteiger charge is 2.36. The second-order valence-electron chi connectivity index (χ2n) is 6.64. The molecule has 0 aromatic rings. The number of piperidine rings is 1. The van der Waals surface area contributed by atoms with Crippen molar-refractivity contribution >= 4 is 0 Å². The van der Waals surface area contributed by atoms with E-state index in [1.54, 1.807) is 0 Å². The first-order valence-corrected chi connectivity index (χ1v) is 7.62. The fraction of sp³-hybridized carbons (Fsp3) is 1.00. The SMILES string of the molecule is CNCC1(CN2CCC(C)CC2C)CCCOC1. The van der Waals surface area contributed by atoms with E-state index in [1.807, 2.05) is 0 Å². The number of ether oxygens (including phenoxy) is 1. The van der Waals surface area contributed by atoms with Gasteiger partial charge in [-0.05, 0) is 52.1 Å². The van der Waals surface area contributed by atoms with Crippen LogP contribution in [0.15, 0.2) is 0 Å². The van der Waals surface area contributed by atoms with Crippen molar-refractivity contribution in [3.63, 3.8) is 0 Å². The number of rotatable bonds is 4. The van der Waals surface area contributed by atoms with Gasteiger partial charge in [0.05, 0.1) is 6.61 Å². The number of hydrogen-bond acceptors (Lipinski definition) is 3. The first-order valence-electron chi connectivity index (χ1n) is 7.62. The summed E-state index contributed by atoms with van der Waals surface area (Å²) in [5, 5.41) is 3.38. The smallest absolute Gasteiger partial charge is 0.0546 e. The maximum absolute atomic E-state index is 5.77. The van der Waals surface area contributed by atoms with Gasteiger partial charge in [-0.1, -0.05) is 6.92 Å². The third kappa shape index (κ3) is 3.46. The van der Waals surface area contributed by atoms with Crippen LogP contribution in [-0.2, 0) is 4.74 Å². The van der Waals surface area contributed by atoms with Crippen LogP contribution in [0, 0.1) is 11.3 Å². The second-order valence-corrected chi connectivity index (χ2v) is 6.64. The van der Waals surface area contributed by atoms with E-state index >= 15 is 0 Å². The Morgan fingerprint density at radius 2 is 2.22 bits per heavy atom. The van der Waals surface area contributed by atoms with E-state index in [9.17, 15) is 0 Å². The zero-order valence-electron chi connectivity index (χ0n) is 12.4. The molecule has 2 saturated heterocycles. The molecule has 0 aromatic carbocycles. The molecule has 0 amide bonds. The summed E-state index contributed by atoms with van der Waals surface area (Å²) in [5.74, 6) is 0.902. The van der Waals surface area contributed by atoms with Gasteiger partial charge in [0, 0.05) is 31.2 Å². The molecule has 2 fully saturated rings. The van der Waals surface area contributed by atoms with E-state index in [-0.39, 0.29) is 0 Å². The van der Waals surface area contributed by atoms with Gasteiger partial charge >= 0.3 is 0 Å². The normalized spacial score (nSPS) is 38.8. The van der Waals surface area contributed by atoms with E-state index in [0.717, 1.165) is 31.7 Å². The molecule has 3 unspecified atom stereocenters. The van der Waals surface area contributed by atoms with Crippen molar-refractivity contribution in [3.05, 3.63) is 0 Å².